The van der Waals surface area contributed by atoms with E-state index in [4.69, 9.17) is 0 Å². The maximum atomic E-state index is 13.1. The van der Waals surface area contributed by atoms with E-state index in [-0.39, 0.29) is 5.91 Å². The molecule has 0 aromatic heterocycles. The largest absolute Gasteiger partial charge is 0.378 e. The first kappa shape index (κ1) is 20.0. The van der Waals surface area contributed by atoms with Crippen molar-refractivity contribution in [3.8, 4) is 0 Å². The second kappa shape index (κ2) is 7.77. The number of rotatable bonds is 3. The van der Waals surface area contributed by atoms with E-state index in [9.17, 15) is 4.79 Å². The molecule has 5 atom stereocenters. The van der Waals surface area contributed by atoms with Gasteiger partial charge in [-0.15, -0.1) is 0 Å². The number of hydrogen-bond donors (Lipinski definition) is 2. The summed E-state index contributed by atoms with van der Waals surface area (Å²) in [6, 6.07) is 23.4. The quantitative estimate of drug-likeness (QED) is 0.407. The first-order valence-electron chi connectivity index (χ1n) is 11.6. The van der Waals surface area contributed by atoms with Gasteiger partial charge in [-0.2, -0.15) is 0 Å². The third-order valence-electron chi connectivity index (χ3n) is 7.92. The molecule has 3 aliphatic rings. The standard InChI is InChI=1S/C28H27BrN2O/c1-16-13-21(10-11-23(16)29)30-28(32)20-9-12-24-22(15-20)25-18-7-8-19(14-18)26(25)27(31-24)17-5-3-2-4-6-17/h2-6,9-13,15,18-19,25-27,31H,7-8,14H2,1H3,(H,30,32)/t18-,19-,25-,26-,27-/m0/s1. The van der Waals surface area contributed by atoms with E-state index in [1.54, 1.807) is 0 Å². The minimum atomic E-state index is -0.0422. The highest BCUT2D eigenvalue weighted by atomic mass is 79.9. The maximum Gasteiger partial charge on any atom is 0.255 e. The molecule has 6 rings (SSSR count). The van der Waals surface area contributed by atoms with E-state index in [0.29, 0.717) is 17.9 Å². The minimum Gasteiger partial charge on any atom is -0.378 e. The Morgan fingerprint density at radius 2 is 1.81 bits per heavy atom. The highest BCUT2D eigenvalue weighted by Crippen LogP contribution is 2.63. The molecular weight excluding hydrogens is 460 g/mol. The zero-order valence-electron chi connectivity index (χ0n) is 18.1. The third-order valence-corrected chi connectivity index (χ3v) is 8.81. The molecule has 32 heavy (non-hydrogen) atoms. The zero-order chi connectivity index (χ0) is 21.8. The van der Waals surface area contributed by atoms with Gasteiger partial charge in [-0.3, -0.25) is 4.79 Å². The zero-order valence-corrected chi connectivity index (χ0v) is 19.7. The molecule has 4 heteroatoms. The summed E-state index contributed by atoms with van der Waals surface area (Å²) in [6.45, 7) is 2.03. The topological polar surface area (TPSA) is 41.1 Å². The average molecular weight is 487 g/mol. The van der Waals surface area contributed by atoms with Gasteiger partial charge in [0, 0.05) is 21.4 Å². The van der Waals surface area contributed by atoms with Gasteiger partial charge in [0.05, 0.1) is 6.04 Å². The molecule has 3 aromatic rings. The summed E-state index contributed by atoms with van der Waals surface area (Å²) in [5, 5.41) is 6.94. The van der Waals surface area contributed by atoms with Crippen LogP contribution in [0.2, 0.25) is 0 Å². The van der Waals surface area contributed by atoms with Crippen molar-refractivity contribution in [2.75, 3.05) is 10.6 Å². The van der Waals surface area contributed by atoms with Crippen molar-refractivity contribution in [3.63, 3.8) is 0 Å². The number of nitrogens with one attached hydrogen (secondary N) is 2. The number of aryl methyl sites for hydroxylation is 1. The van der Waals surface area contributed by atoms with Crippen LogP contribution in [0.3, 0.4) is 0 Å². The van der Waals surface area contributed by atoms with Gasteiger partial charge in [0.1, 0.15) is 0 Å². The lowest BCUT2D eigenvalue weighted by Crippen LogP contribution is -2.35. The van der Waals surface area contributed by atoms with Crippen LogP contribution in [0.15, 0.2) is 71.2 Å². The molecule has 0 unspecified atom stereocenters. The molecule has 3 nitrogen and oxygen atoms in total. The van der Waals surface area contributed by atoms with Gasteiger partial charge in [-0.25, -0.2) is 0 Å². The fourth-order valence-corrected chi connectivity index (χ4v) is 6.79. The molecule has 1 heterocycles. The summed E-state index contributed by atoms with van der Waals surface area (Å²) in [5.74, 6) is 2.62. The molecule has 2 aliphatic carbocycles. The molecule has 2 N–H and O–H groups in total. The molecular formula is C28H27BrN2O. The van der Waals surface area contributed by atoms with E-state index in [1.807, 2.05) is 31.2 Å². The Balaban J connectivity index is 1.34. The second-order valence-electron chi connectivity index (χ2n) is 9.69. The minimum absolute atomic E-state index is 0.0422. The highest BCUT2D eigenvalue weighted by Gasteiger charge is 2.53. The average Bonchev–Trinajstić information content (AvgIpc) is 3.44. The fourth-order valence-electron chi connectivity index (χ4n) is 6.54. The van der Waals surface area contributed by atoms with Crippen LogP contribution in [0.4, 0.5) is 11.4 Å². The van der Waals surface area contributed by atoms with Crippen molar-refractivity contribution in [2.45, 2.75) is 38.1 Å². The van der Waals surface area contributed by atoms with Crippen LogP contribution < -0.4 is 10.6 Å². The van der Waals surface area contributed by atoms with Gasteiger partial charge in [0.2, 0.25) is 0 Å². The number of halogens is 1. The van der Waals surface area contributed by atoms with E-state index in [1.165, 1.54) is 36.1 Å². The van der Waals surface area contributed by atoms with Gasteiger partial charge in [0.15, 0.2) is 0 Å². The first-order valence-corrected chi connectivity index (χ1v) is 12.4. The van der Waals surface area contributed by atoms with Crippen molar-refractivity contribution in [1.29, 1.82) is 0 Å². The normalized spacial score (nSPS) is 27.4. The Hall–Kier alpha value is -2.59. The second-order valence-corrected chi connectivity index (χ2v) is 10.5. The van der Waals surface area contributed by atoms with Crippen LogP contribution in [-0.2, 0) is 0 Å². The predicted octanol–water partition coefficient (Wildman–Crippen LogP) is 7.31. The number of hydrogen-bond acceptors (Lipinski definition) is 2. The summed E-state index contributed by atoms with van der Waals surface area (Å²) in [4.78, 5) is 13.1. The molecule has 1 amide bonds. The van der Waals surface area contributed by atoms with Crippen molar-refractivity contribution >= 4 is 33.2 Å². The Morgan fingerprint density at radius 1 is 1.00 bits per heavy atom. The molecule has 2 saturated carbocycles. The molecule has 0 saturated heterocycles. The Labute approximate surface area is 197 Å². The third kappa shape index (κ3) is 3.27. The van der Waals surface area contributed by atoms with Crippen LogP contribution in [0.25, 0.3) is 0 Å². The van der Waals surface area contributed by atoms with Crippen molar-refractivity contribution in [2.24, 2.45) is 17.8 Å². The lowest BCUT2D eigenvalue weighted by atomic mass is 9.68. The van der Waals surface area contributed by atoms with Gasteiger partial charge in [-0.1, -0.05) is 46.3 Å². The van der Waals surface area contributed by atoms with Gasteiger partial charge in [-0.05, 0) is 103 Å². The number of carbonyl (C=O) groups is 1. The molecule has 0 spiro atoms. The van der Waals surface area contributed by atoms with E-state index >= 15 is 0 Å². The summed E-state index contributed by atoms with van der Waals surface area (Å²) in [7, 11) is 0. The van der Waals surface area contributed by atoms with Crippen molar-refractivity contribution < 1.29 is 4.79 Å². The van der Waals surface area contributed by atoms with Crippen LogP contribution in [0.1, 0.15) is 58.3 Å². The molecule has 1 aliphatic heterocycles. The highest BCUT2D eigenvalue weighted by molar-refractivity contribution is 9.10. The van der Waals surface area contributed by atoms with Gasteiger partial charge < -0.3 is 10.6 Å². The number of fused-ring (bicyclic) bond motifs is 7. The van der Waals surface area contributed by atoms with Crippen LogP contribution in [0, 0.1) is 24.7 Å². The molecule has 0 radical (unpaired) electrons. The van der Waals surface area contributed by atoms with Crippen LogP contribution >= 0.6 is 15.9 Å². The van der Waals surface area contributed by atoms with Crippen LogP contribution in [0.5, 0.6) is 0 Å². The van der Waals surface area contributed by atoms with E-state index < -0.39 is 0 Å². The molecule has 162 valence electrons. The number of amides is 1. The predicted molar refractivity (Wildman–Crippen MR) is 133 cm³/mol. The van der Waals surface area contributed by atoms with E-state index in [2.05, 4.69) is 69.0 Å². The number of anilines is 2. The number of benzene rings is 3. The van der Waals surface area contributed by atoms with Gasteiger partial charge in [0.25, 0.3) is 5.91 Å². The Bertz CT molecular complexity index is 1190. The smallest absolute Gasteiger partial charge is 0.255 e. The number of carbonyl (C=O) groups excluding carboxylic acids is 1. The van der Waals surface area contributed by atoms with Crippen molar-refractivity contribution in [3.05, 3.63) is 93.5 Å². The molecule has 2 bridgehead atoms. The molecule has 2 fully saturated rings. The molecule has 3 aromatic carbocycles. The van der Waals surface area contributed by atoms with Crippen molar-refractivity contribution in [1.82, 2.24) is 0 Å². The summed E-state index contributed by atoms with van der Waals surface area (Å²) >= 11 is 3.53. The first-order chi connectivity index (χ1) is 15.6. The summed E-state index contributed by atoms with van der Waals surface area (Å²) in [6.07, 6.45) is 3.99. The van der Waals surface area contributed by atoms with Gasteiger partial charge >= 0.3 is 0 Å². The SMILES string of the molecule is Cc1cc(NC(=O)c2ccc3c(c2)[C@@H]2[C@H]4CC[C@@H](C4)[C@@H]2[C@H](c2ccccc2)N3)ccc1Br. The fraction of sp³-hybridized carbons (Fsp3) is 0.321. The summed E-state index contributed by atoms with van der Waals surface area (Å²) < 4.78 is 1.05. The maximum absolute atomic E-state index is 13.1. The Morgan fingerprint density at radius 3 is 2.62 bits per heavy atom. The lowest BCUT2D eigenvalue weighted by Gasteiger charge is -2.43. The van der Waals surface area contributed by atoms with Crippen LogP contribution in [-0.4, -0.2) is 5.91 Å². The lowest BCUT2D eigenvalue weighted by molar-refractivity contribution is 0.102. The Kier molecular flexibility index (Phi) is 4.87. The summed E-state index contributed by atoms with van der Waals surface area (Å²) in [5.41, 5.74) is 6.60. The monoisotopic (exact) mass is 486 g/mol. The van der Waals surface area contributed by atoms with E-state index in [0.717, 1.165) is 33.1 Å².